The van der Waals surface area contributed by atoms with E-state index in [1.165, 1.54) is 103 Å². The van der Waals surface area contributed by atoms with Crippen LogP contribution < -0.4 is 0 Å². The number of unbranched alkanes of at least 4 members (excludes halogenated alkanes) is 6. The Morgan fingerprint density at radius 2 is 0.774 bits per heavy atom. The van der Waals surface area contributed by atoms with Gasteiger partial charge in [0, 0.05) is 7.26 Å². The van der Waals surface area contributed by atoms with Crippen molar-refractivity contribution in [3.63, 3.8) is 0 Å². The molecule has 0 spiro atoms. The highest BCUT2D eigenvalue weighted by Gasteiger charge is 2.42. The van der Waals surface area contributed by atoms with Gasteiger partial charge in [0.1, 0.15) is 0 Å². The molecule has 31 heavy (non-hydrogen) atoms. The van der Waals surface area contributed by atoms with Crippen molar-refractivity contribution in [3.05, 3.63) is 0 Å². The highest BCUT2D eigenvalue weighted by Crippen LogP contribution is 2.64. The largest absolute Gasteiger partial charge is 0.0654 e. The third-order valence-corrected chi connectivity index (χ3v) is 13.2. The molecule has 0 rings (SSSR count). The van der Waals surface area contributed by atoms with Gasteiger partial charge in [0.25, 0.3) is 0 Å². The lowest BCUT2D eigenvalue weighted by Gasteiger charge is -2.36. The molecule has 0 aromatic carbocycles. The van der Waals surface area contributed by atoms with E-state index in [9.17, 15) is 0 Å². The second kappa shape index (κ2) is 21.0. The fourth-order valence-corrected chi connectivity index (χ4v) is 12.3. The highest BCUT2D eigenvalue weighted by molar-refractivity contribution is 7.75. The van der Waals surface area contributed by atoms with Crippen LogP contribution in [0.3, 0.4) is 0 Å². The molecule has 0 bridgehead atoms. The van der Waals surface area contributed by atoms with Crippen LogP contribution in [0, 0.1) is 17.8 Å². The van der Waals surface area contributed by atoms with Crippen LogP contribution in [0.4, 0.5) is 0 Å². The molecule has 0 saturated carbocycles. The van der Waals surface area contributed by atoms with Crippen LogP contribution in [0.25, 0.3) is 0 Å². The van der Waals surface area contributed by atoms with E-state index in [1.54, 1.807) is 24.6 Å². The predicted octanol–water partition coefficient (Wildman–Crippen LogP) is 11.2. The van der Waals surface area contributed by atoms with Crippen LogP contribution >= 0.6 is 7.26 Å². The Bertz CT molecular complexity index is 318. The van der Waals surface area contributed by atoms with E-state index < -0.39 is 7.26 Å². The van der Waals surface area contributed by atoms with Crippen molar-refractivity contribution in [3.8, 4) is 0 Å². The highest BCUT2D eigenvalue weighted by atomic mass is 31.2. The van der Waals surface area contributed by atoms with Gasteiger partial charge in [-0.1, -0.05) is 99.8 Å². The molecule has 0 aromatic heterocycles. The Morgan fingerprint density at radius 1 is 0.419 bits per heavy atom. The molecule has 0 aliphatic heterocycles. The summed E-state index contributed by atoms with van der Waals surface area (Å²) < 4.78 is 0. The minimum absolute atomic E-state index is 0.875. The van der Waals surface area contributed by atoms with Crippen molar-refractivity contribution in [2.75, 3.05) is 24.6 Å². The average molecular weight is 456 g/mol. The van der Waals surface area contributed by atoms with Gasteiger partial charge in [-0.3, -0.25) is 0 Å². The summed E-state index contributed by atoms with van der Waals surface area (Å²) in [5.41, 5.74) is 0. The van der Waals surface area contributed by atoms with Crippen LogP contribution in [0.2, 0.25) is 0 Å². The molecule has 0 radical (unpaired) electrons. The van der Waals surface area contributed by atoms with Crippen molar-refractivity contribution in [1.29, 1.82) is 0 Å². The van der Waals surface area contributed by atoms with Gasteiger partial charge < -0.3 is 0 Å². The third-order valence-electron chi connectivity index (χ3n) is 8.05. The fraction of sp³-hybridized carbons (Fsp3) is 1.00. The lowest BCUT2D eigenvalue weighted by atomic mass is 10.0. The van der Waals surface area contributed by atoms with E-state index >= 15 is 0 Å². The topological polar surface area (TPSA) is 0 Å². The standard InChI is InChI=1S/C30H64P/c1-8-15-19-20-24-31(25-28(12-5)21-16-9-2,26-29(13-6)22-17-10-3)27-30(14-7)23-18-11-4/h28-30H,8-27H2,1-7H3/q+1. The summed E-state index contributed by atoms with van der Waals surface area (Å²) in [4.78, 5) is 0. The van der Waals surface area contributed by atoms with Crippen LogP contribution in [-0.2, 0) is 0 Å². The van der Waals surface area contributed by atoms with Gasteiger partial charge in [-0.05, 0) is 69.1 Å². The third kappa shape index (κ3) is 15.0. The number of rotatable bonds is 23. The molecule has 1 heteroatoms. The molecule has 0 N–H and O–H groups in total. The summed E-state index contributed by atoms with van der Waals surface area (Å²) in [7, 11) is -0.875. The molecule has 3 unspecified atom stereocenters. The number of hydrogen-bond acceptors (Lipinski definition) is 0. The predicted molar refractivity (Wildman–Crippen MR) is 150 cm³/mol. The maximum absolute atomic E-state index is 2.49. The van der Waals surface area contributed by atoms with Gasteiger partial charge in [-0.15, -0.1) is 0 Å². The van der Waals surface area contributed by atoms with E-state index in [2.05, 4.69) is 48.5 Å². The monoisotopic (exact) mass is 455 g/mol. The average Bonchev–Trinajstić information content (AvgIpc) is 2.79. The van der Waals surface area contributed by atoms with Crippen molar-refractivity contribution in [2.24, 2.45) is 17.8 Å². The molecule has 0 fully saturated rings. The lowest BCUT2D eigenvalue weighted by Crippen LogP contribution is -2.25. The first-order valence-corrected chi connectivity index (χ1v) is 17.4. The van der Waals surface area contributed by atoms with Crippen molar-refractivity contribution in [1.82, 2.24) is 0 Å². The van der Waals surface area contributed by atoms with Crippen LogP contribution in [0.15, 0.2) is 0 Å². The first kappa shape index (κ1) is 31.4. The summed E-state index contributed by atoms with van der Waals surface area (Å²) in [6, 6.07) is 0. The summed E-state index contributed by atoms with van der Waals surface area (Å²) >= 11 is 0. The van der Waals surface area contributed by atoms with Crippen LogP contribution in [-0.4, -0.2) is 24.6 Å². The SMILES string of the molecule is CCCCCC[P+](CC(CC)CCCC)(CC(CC)CCCC)CC(CC)CCCC. The van der Waals surface area contributed by atoms with Crippen molar-refractivity contribution in [2.45, 2.75) is 151 Å². The van der Waals surface area contributed by atoms with Gasteiger partial charge in [0.2, 0.25) is 0 Å². The minimum atomic E-state index is -0.875. The molecule has 0 aromatic rings. The smallest absolute Gasteiger partial charge is 0.0622 e. The molecule has 0 aliphatic carbocycles. The summed E-state index contributed by atoms with van der Waals surface area (Å²) in [6.07, 6.45) is 29.7. The Kier molecular flexibility index (Phi) is 21.3. The van der Waals surface area contributed by atoms with E-state index in [0.717, 1.165) is 17.8 Å². The summed E-state index contributed by atoms with van der Waals surface area (Å²) in [5.74, 6) is 3.02. The zero-order chi connectivity index (χ0) is 23.4. The molecular formula is C30H64P+. The van der Waals surface area contributed by atoms with Gasteiger partial charge >= 0.3 is 0 Å². The van der Waals surface area contributed by atoms with Crippen molar-refractivity contribution >= 4 is 7.26 Å². The summed E-state index contributed by atoms with van der Waals surface area (Å²) in [6.45, 7) is 17.0. The Labute approximate surface area is 200 Å². The lowest BCUT2D eigenvalue weighted by molar-refractivity contribution is 0.466. The molecular weight excluding hydrogens is 391 g/mol. The van der Waals surface area contributed by atoms with Crippen LogP contribution in [0.1, 0.15) is 151 Å². The molecule has 0 aliphatic rings. The minimum Gasteiger partial charge on any atom is -0.0654 e. The van der Waals surface area contributed by atoms with E-state index in [-0.39, 0.29) is 0 Å². The zero-order valence-corrected chi connectivity index (χ0v) is 24.2. The van der Waals surface area contributed by atoms with Gasteiger partial charge in [0.15, 0.2) is 0 Å². The van der Waals surface area contributed by atoms with Crippen molar-refractivity contribution < 1.29 is 0 Å². The van der Waals surface area contributed by atoms with E-state index in [1.807, 2.05) is 0 Å². The molecule has 188 valence electrons. The maximum Gasteiger partial charge on any atom is 0.0622 e. The Morgan fingerprint density at radius 3 is 1.06 bits per heavy atom. The Balaban J connectivity index is 5.71. The first-order chi connectivity index (χ1) is 15.0. The fourth-order valence-electron chi connectivity index (χ4n) is 5.77. The van der Waals surface area contributed by atoms with E-state index in [4.69, 9.17) is 0 Å². The summed E-state index contributed by atoms with van der Waals surface area (Å²) in [5, 5.41) is 0. The second-order valence-electron chi connectivity index (χ2n) is 10.9. The maximum atomic E-state index is 2.49. The van der Waals surface area contributed by atoms with Gasteiger partial charge in [0.05, 0.1) is 24.6 Å². The molecule has 0 amide bonds. The molecule has 3 atom stereocenters. The normalized spacial score (nSPS) is 16.7. The molecule has 0 saturated heterocycles. The molecule has 0 heterocycles. The molecule has 0 nitrogen and oxygen atoms in total. The van der Waals surface area contributed by atoms with E-state index in [0.29, 0.717) is 0 Å². The number of hydrogen-bond donors (Lipinski definition) is 0. The Hall–Kier alpha value is 0.430. The van der Waals surface area contributed by atoms with Gasteiger partial charge in [-0.2, -0.15) is 0 Å². The first-order valence-electron chi connectivity index (χ1n) is 14.9. The van der Waals surface area contributed by atoms with Gasteiger partial charge in [-0.25, -0.2) is 0 Å². The quantitative estimate of drug-likeness (QED) is 0.106. The van der Waals surface area contributed by atoms with Crippen LogP contribution in [0.5, 0.6) is 0 Å². The zero-order valence-electron chi connectivity index (χ0n) is 23.3. The second-order valence-corrected chi connectivity index (χ2v) is 15.1.